The zero-order valence-electron chi connectivity index (χ0n) is 3.03. The van der Waals surface area contributed by atoms with Gasteiger partial charge in [0.05, 0.1) is 0 Å². The average Bonchev–Trinajstić information content (AvgIpc) is 1.30. The van der Waals surface area contributed by atoms with Crippen molar-refractivity contribution in [3.63, 3.8) is 0 Å². The summed E-state index contributed by atoms with van der Waals surface area (Å²) < 4.78 is 34.4. The van der Waals surface area contributed by atoms with Crippen LogP contribution in [0.4, 0.5) is 13.2 Å². The first kappa shape index (κ1) is 10.8. The van der Waals surface area contributed by atoms with Gasteiger partial charge in [-0.1, -0.05) is 0 Å². The van der Waals surface area contributed by atoms with Crippen molar-refractivity contribution in [2.45, 2.75) is 6.36 Å². The van der Waals surface area contributed by atoms with Gasteiger partial charge in [0.25, 0.3) is 6.47 Å². The van der Waals surface area contributed by atoms with Crippen LogP contribution in [-0.2, 0) is 9.53 Å². The molecular weight excluding hydrogens is 120 g/mol. The predicted molar refractivity (Wildman–Crippen MR) is 20.4 cm³/mol. The van der Waals surface area contributed by atoms with E-state index in [-0.39, 0.29) is 18.9 Å². The Labute approximate surface area is 55.2 Å². The van der Waals surface area contributed by atoms with E-state index in [0.29, 0.717) is 0 Å². The minimum atomic E-state index is -4.82. The van der Waals surface area contributed by atoms with Crippen molar-refractivity contribution in [2.24, 2.45) is 0 Å². The Bertz CT molecular complexity index is 70.2. The zero-order valence-corrected chi connectivity index (χ0v) is 3.03. The van der Waals surface area contributed by atoms with E-state index in [4.69, 9.17) is 4.79 Å². The molecule has 0 spiro atoms. The van der Waals surface area contributed by atoms with E-state index in [1.807, 2.05) is 0 Å². The Balaban J connectivity index is 0. The van der Waals surface area contributed by atoms with Crippen LogP contribution in [0.5, 0.6) is 0 Å². The van der Waals surface area contributed by atoms with E-state index in [1.165, 1.54) is 0 Å². The molecule has 0 aromatic carbocycles. The molecule has 0 rings (SSSR count). The van der Waals surface area contributed by atoms with Gasteiger partial charge in [-0.2, -0.15) is 0 Å². The third-order valence-electron chi connectivity index (χ3n) is 0.182. The van der Waals surface area contributed by atoms with Crippen molar-refractivity contribution in [2.75, 3.05) is 0 Å². The molecule has 0 radical (unpaired) electrons. The molecule has 0 bridgehead atoms. The fourth-order valence-electron chi connectivity index (χ4n) is 0.0546. The first-order valence-corrected chi connectivity index (χ1v) is 1.24. The normalized spacial score (nSPS) is 9.38. The van der Waals surface area contributed by atoms with Crippen LogP contribution in [0.1, 0.15) is 0 Å². The van der Waals surface area contributed by atoms with Crippen molar-refractivity contribution in [3.8, 4) is 0 Å². The molecule has 0 atom stereocenters. The van der Waals surface area contributed by atoms with Crippen LogP contribution in [0.25, 0.3) is 0 Å². The molecule has 0 saturated carbocycles. The number of halogens is 3. The van der Waals surface area contributed by atoms with Gasteiger partial charge in [0, 0.05) is 0 Å². The monoisotopic (exact) mass is 122 g/mol. The molecule has 44 valence electrons. The molecule has 2 nitrogen and oxygen atoms in total. The molecule has 0 amide bonds. The van der Waals surface area contributed by atoms with Crippen molar-refractivity contribution in [1.82, 2.24) is 0 Å². The van der Waals surface area contributed by atoms with Crippen LogP contribution < -0.4 is 0 Å². The van der Waals surface area contributed by atoms with Crippen molar-refractivity contribution in [3.05, 3.63) is 0 Å². The van der Waals surface area contributed by atoms with E-state index >= 15 is 0 Å². The van der Waals surface area contributed by atoms with Gasteiger partial charge in [0.1, 0.15) is 0 Å². The number of alkyl halides is 3. The maximum absolute atomic E-state index is 10.6. The second-order valence-corrected chi connectivity index (χ2v) is 0.660. The summed E-state index contributed by atoms with van der Waals surface area (Å²) in [4.78, 5) is 8.88. The van der Waals surface area contributed by atoms with Crippen LogP contribution in [0.2, 0.25) is 0 Å². The Morgan fingerprint density at radius 3 is 1.75 bits per heavy atom. The molecule has 0 aromatic heterocycles. The van der Waals surface area contributed by atoms with E-state index in [2.05, 4.69) is 4.74 Å². The molecule has 0 aliphatic carbocycles. The molecule has 6 heteroatoms. The quantitative estimate of drug-likeness (QED) is 0.362. The third kappa shape index (κ3) is 9.29. The summed E-state index contributed by atoms with van der Waals surface area (Å²) in [6, 6.07) is 0. The van der Waals surface area contributed by atoms with Gasteiger partial charge in [0.15, 0.2) is 0 Å². The summed E-state index contributed by atoms with van der Waals surface area (Å²) in [6.45, 7) is -0.667. The fraction of sp³-hybridized carbons (Fsp3) is 0.500. The van der Waals surface area contributed by atoms with Crippen LogP contribution in [0, 0.1) is 0 Å². The molecule has 0 saturated heterocycles. The van der Waals surface area contributed by atoms with Gasteiger partial charge in [-0.25, -0.2) is 0 Å². The van der Waals surface area contributed by atoms with Gasteiger partial charge in [0.2, 0.25) is 0 Å². The second kappa shape index (κ2) is 3.81. The number of ether oxygens (including phenoxy) is 1. The number of hydrogen-bond donors (Lipinski definition) is 0. The van der Waals surface area contributed by atoms with E-state index in [1.54, 1.807) is 0 Å². The average molecular weight is 122 g/mol. The van der Waals surface area contributed by atoms with Crippen molar-refractivity contribution < 1.29 is 22.7 Å². The molecule has 0 unspecified atom stereocenters. The molecule has 0 fully saturated rings. The summed E-state index contributed by atoms with van der Waals surface area (Å²) in [5.41, 5.74) is 0. The Morgan fingerprint density at radius 1 is 1.38 bits per heavy atom. The Morgan fingerprint density at radius 2 is 1.75 bits per heavy atom. The van der Waals surface area contributed by atoms with E-state index in [0.717, 1.165) is 0 Å². The second-order valence-electron chi connectivity index (χ2n) is 0.660. The molecule has 0 aromatic rings. The molecule has 0 N–H and O–H groups in total. The first-order chi connectivity index (χ1) is 3.06. The summed E-state index contributed by atoms with van der Waals surface area (Å²) in [5, 5.41) is 0. The molecule has 0 heterocycles. The maximum atomic E-state index is 10.6. The van der Waals surface area contributed by atoms with Crippen molar-refractivity contribution >= 4 is 25.3 Å². The summed E-state index contributed by atoms with van der Waals surface area (Å²) in [6.07, 6.45) is -4.82. The fourth-order valence-corrected chi connectivity index (χ4v) is 0.0546. The molecule has 0 aliphatic heterocycles. The number of rotatable bonds is 1. The first-order valence-electron chi connectivity index (χ1n) is 1.24. The molecule has 8 heavy (non-hydrogen) atoms. The van der Waals surface area contributed by atoms with Gasteiger partial charge < -0.3 is 4.74 Å². The van der Waals surface area contributed by atoms with Crippen LogP contribution in [0.15, 0.2) is 0 Å². The summed E-state index contributed by atoms with van der Waals surface area (Å²) >= 11 is 0. The molecular formula is C2H2F3LiO2. The van der Waals surface area contributed by atoms with Gasteiger partial charge in [-0.3, -0.25) is 4.79 Å². The van der Waals surface area contributed by atoms with E-state index < -0.39 is 12.8 Å². The minimum absolute atomic E-state index is 0. The summed E-state index contributed by atoms with van der Waals surface area (Å²) in [5.74, 6) is 0. The number of hydrogen-bond acceptors (Lipinski definition) is 2. The Hall–Kier alpha value is -0.143. The van der Waals surface area contributed by atoms with Crippen LogP contribution >= 0.6 is 0 Å². The SMILES string of the molecule is O=COC(F)(F)F.[LiH]. The standard InChI is InChI=1S/C2HF3O2.Li.H/c3-2(4,5)7-1-6;;/h1H;;. The Kier molecular flexibility index (Phi) is 5.13. The number of carbonyl (C=O) groups excluding carboxylic acids is 1. The van der Waals surface area contributed by atoms with Gasteiger partial charge in [-0.05, 0) is 0 Å². The zero-order chi connectivity index (χ0) is 5.91. The predicted octanol–water partition coefficient (Wildman–Crippen LogP) is 0.0307. The van der Waals surface area contributed by atoms with E-state index in [9.17, 15) is 13.2 Å². The van der Waals surface area contributed by atoms with Crippen LogP contribution in [-0.4, -0.2) is 31.7 Å². The van der Waals surface area contributed by atoms with Crippen molar-refractivity contribution in [1.29, 1.82) is 0 Å². The summed E-state index contributed by atoms with van der Waals surface area (Å²) in [7, 11) is 0. The topological polar surface area (TPSA) is 26.3 Å². The van der Waals surface area contributed by atoms with Crippen LogP contribution in [0.3, 0.4) is 0 Å². The van der Waals surface area contributed by atoms with Gasteiger partial charge >= 0.3 is 25.2 Å². The third-order valence-corrected chi connectivity index (χ3v) is 0.182. The van der Waals surface area contributed by atoms with Gasteiger partial charge in [-0.15, -0.1) is 13.2 Å². The molecule has 0 aliphatic rings. The number of carbonyl (C=O) groups is 1.